The highest BCUT2D eigenvalue weighted by Crippen LogP contribution is 2.13. The normalized spacial score (nSPS) is 20.9. The van der Waals surface area contributed by atoms with Crippen LogP contribution in [-0.4, -0.2) is 44.6 Å². The molecule has 6 nitrogen and oxygen atoms in total. The molecule has 2 unspecified atom stereocenters. The van der Waals surface area contributed by atoms with Crippen LogP contribution in [0.2, 0.25) is 0 Å². The van der Waals surface area contributed by atoms with Crippen molar-refractivity contribution in [2.45, 2.75) is 12.1 Å². The van der Waals surface area contributed by atoms with E-state index in [1.165, 1.54) is 5.41 Å². The van der Waals surface area contributed by atoms with Crippen molar-refractivity contribution in [1.82, 2.24) is 5.32 Å². The largest absolute Gasteiger partial charge is 0.491 e. The number of hydrogen-bond acceptors (Lipinski definition) is 6. The van der Waals surface area contributed by atoms with E-state index in [-0.39, 0.29) is 24.9 Å². The molecule has 2 atom stereocenters. The molecule has 1 heterocycles. The van der Waals surface area contributed by atoms with Crippen LogP contribution < -0.4 is 10.1 Å². The summed E-state index contributed by atoms with van der Waals surface area (Å²) in [5.41, 5.74) is 0.487. The lowest BCUT2D eigenvalue weighted by atomic mass is 10.2. The average Bonchev–Trinajstić information content (AvgIpc) is 2.82. The third-order valence-corrected chi connectivity index (χ3v) is 4.35. The Labute approximate surface area is 123 Å². The van der Waals surface area contributed by atoms with Gasteiger partial charge in [-0.25, -0.2) is 8.42 Å². The maximum Gasteiger partial charge on any atom is 0.173 e. The number of ether oxygens (including phenoxy) is 1. The van der Waals surface area contributed by atoms with Crippen LogP contribution in [0.15, 0.2) is 35.7 Å². The number of rotatable bonds is 6. The first kappa shape index (κ1) is 15.5. The third-order valence-electron chi connectivity index (χ3n) is 2.95. The van der Waals surface area contributed by atoms with Crippen LogP contribution in [0.3, 0.4) is 0 Å². The lowest BCUT2D eigenvalue weighted by Gasteiger charge is -2.15. The van der Waals surface area contributed by atoms with E-state index in [1.807, 2.05) is 6.07 Å². The van der Waals surface area contributed by atoms with Crippen LogP contribution in [-0.2, 0) is 9.84 Å². The van der Waals surface area contributed by atoms with E-state index in [1.54, 1.807) is 30.3 Å². The fraction of sp³-hybridized carbons (Fsp3) is 0.357. The SMILES string of the molecule is N#Cc1cccc(OCC(O)CNC2C=CS(=O)(=O)C2)c1. The zero-order chi connectivity index (χ0) is 15.3. The fourth-order valence-corrected chi connectivity index (χ4v) is 3.17. The minimum absolute atomic E-state index is 0.0186. The minimum atomic E-state index is -3.09. The smallest absolute Gasteiger partial charge is 0.173 e. The van der Waals surface area contributed by atoms with Gasteiger partial charge in [0.25, 0.3) is 0 Å². The highest BCUT2D eigenvalue weighted by Gasteiger charge is 2.21. The van der Waals surface area contributed by atoms with Crippen LogP contribution in [0.1, 0.15) is 5.56 Å². The molecule has 1 aromatic carbocycles. The Morgan fingerprint density at radius 1 is 1.52 bits per heavy atom. The molecule has 0 spiro atoms. The summed E-state index contributed by atoms with van der Waals surface area (Å²) in [6.45, 7) is 0.285. The molecule has 0 fully saturated rings. The summed E-state index contributed by atoms with van der Waals surface area (Å²) in [6.07, 6.45) is 0.798. The second-order valence-electron chi connectivity index (χ2n) is 4.78. The van der Waals surface area contributed by atoms with E-state index in [0.717, 1.165) is 0 Å². The molecule has 1 aliphatic heterocycles. The highest BCUT2D eigenvalue weighted by atomic mass is 32.2. The maximum absolute atomic E-state index is 11.2. The number of aliphatic hydroxyl groups excluding tert-OH is 1. The van der Waals surface area contributed by atoms with Gasteiger partial charge in [-0.05, 0) is 18.2 Å². The first-order valence-corrected chi connectivity index (χ1v) is 8.15. The van der Waals surface area contributed by atoms with Gasteiger partial charge >= 0.3 is 0 Å². The van der Waals surface area contributed by atoms with E-state index in [4.69, 9.17) is 10.00 Å². The van der Waals surface area contributed by atoms with Gasteiger partial charge in [0.2, 0.25) is 0 Å². The van der Waals surface area contributed by atoms with Crippen LogP contribution in [0.4, 0.5) is 0 Å². The molecule has 0 aliphatic carbocycles. The van der Waals surface area contributed by atoms with Gasteiger partial charge in [-0.1, -0.05) is 12.1 Å². The number of nitriles is 1. The van der Waals surface area contributed by atoms with Crippen molar-refractivity contribution >= 4 is 9.84 Å². The molecule has 0 saturated heterocycles. The molecule has 0 aromatic heterocycles. The van der Waals surface area contributed by atoms with Crippen molar-refractivity contribution in [3.05, 3.63) is 41.3 Å². The first-order valence-electron chi connectivity index (χ1n) is 6.44. The Morgan fingerprint density at radius 2 is 2.33 bits per heavy atom. The summed E-state index contributed by atoms with van der Waals surface area (Å²) in [4.78, 5) is 0. The third kappa shape index (κ3) is 4.86. The Hall–Kier alpha value is -1.88. The lowest BCUT2D eigenvalue weighted by molar-refractivity contribution is 0.105. The van der Waals surface area contributed by atoms with Crippen LogP contribution in [0.5, 0.6) is 5.75 Å². The Bertz CT molecular complexity index is 664. The second-order valence-corrected chi connectivity index (χ2v) is 6.71. The van der Waals surface area contributed by atoms with Crippen LogP contribution in [0.25, 0.3) is 0 Å². The van der Waals surface area contributed by atoms with Gasteiger partial charge in [0.1, 0.15) is 18.5 Å². The number of benzene rings is 1. The topological polar surface area (TPSA) is 99.4 Å². The standard InChI is InChI=1S/C14H16N2O4S/c15-7-11-2-1-3-14(6-11)20-9-13(17)8-16-12-4-5-21(18,19)10-12/h1-6,12-13,16-17H,8-10H2. The molecular weight excluding hydrogens is 292 g/mol. The van der Waals surface area contributed by atoms with Crippen molar-refractivity contribution in [3.63, 3.8) is 0 Å². The zero-order valence-electron chi connectivity index (χ0n) is 11.3. The molecule has 1 aliphatic rings. The summed E-state index contributed by atoms with van der Waals surface area (Å²) in [7, 11) is -3.09. The molecular formula is C14H16N2O4S. The predicted octanol–water partition coefficient (Wildman–Crippen LogP) is 0.198. The highest BCUT2D eigenvalue weighted by molar-refractivity contribution is 7.94. The summed E-state index contributed by atoms with van der Waals surface area (Å²) in [6, 6.07) is 8.39. The van der Waals surface area contributed by atoms with E-state index in [2.05, 4.69) is 5.32 Å². The van der Waals surface area contributed by atoms with Crippen molar-refractivity contribution in [2.75, 3.05) is 18.9 Å². The van der Waals surface area contributed by atoms with Gasteiger partial charge < -0.3 is 15.2 Å². The van der Waals surface area contributed by atoms with Crippen LogP contribution >= 0.6 is 0 Å². The average molecular weight is 308 g/mol. The molecule has 1 aromatic rings. The Balaban J connectivity index is 1.74. The van der Waals surface area contributed by atoms with Gasteiger partial charge in [-0.3, -0.25) is 0 Å². The number of hydrogen-bond donors (Lipinski definition) is 2. The fourth-order valence-electron chi connectivity index (χ4n) is 1.90. The predicted molar refractivity (Wildman–Crippen MR) is 77.4 cm³/mol. The maximum atomic E-state index is 11.2. The molecule has 0 bridgehead atoms. The van der Waals surface area contributed by atoms with E-state index >= 15 is 0 Å². The van der Waals surface area contributed by atoms with E-state index < -0.39 is 15.9 Å². The molecule has 21 heavy (non-hydrogen) atoms. The summed E-state index contributed by atoms with van der Waals surface area (Å²) >= 11 is 0. The zero-order valence-corrected chi connectivity index (χ0v) is 12.1. The first-order chi connectivity index (χ1) is 9.98. The van der Waals surface area contributed by atoms with Crippen molar-refractivity contribution in [3.8, 4) is 11.8 Å². The van der Waals surface area contributed by atoms with Gasteiger partial charge in [0.15, 0.2) is 9.84 Å². The monoisotopic (exact) mass is 308 g/mol. The minimum Gasteiger partial charge on any atom is -0.491 e. The van der Waals surface area contributed by atoms with Crippen molar-refractivity contribution in [2.24, 2.45) is 0 Å². The second kappa shape index (κ2) is 6.72. The van der Waals surface area contributed by atoms with E-state index in [9.17, 15) is 13.5 Å². The lowest BCUT2D eigenvalue weighted by Crippen LogP contribution is -2.38. The number of nitrogens with zero attached hydrogens (tertiary/aromatic N) is 1. The molecule has 112 valence electrons. The molecule has 7 heteroatoms. The summed E-state index contributed by atoms with van der Waals surface area (Å²) in [5, 5.41) is 22.7. The molecule has 0 radical (unpaired) electrons. The Morgan fingerprint density at radius 3 is 3.00 bits per heavy atom. The number of nitrogens with one attached hydrogen (secondary N) is 1. The summed E-state index contributed by atoms with van der Waals surface area (Å²) < 4.78 is 27.8. The molecule has 0 amide bonds. The quantitative estimate of drug-likeness (QED) is 0.779. The van der Waals surface area contributed by atoms with E-state index in [0.29, 0.717) is 11.3 Å². The molecule has 0 saturated carbocycles. The van der Waals surface area contributed by atoms with Gasteiger partial charge in [-0.15, -0.1) is 0 Å². The Kier molecular flexibility index (Phi) is 4.96. The molecule has 2 N–H and O–H groups in total. The molecule has 2 rings (SSSR count). The number of sulfone groups is 1. The number of aliphatic hydroxyl groups is 1. The summed E-state index contributed by atoms with van der Waals surface area (Å²) in [5.74, 6) is 0.529. The van der Waals surface area contributed by atoms with Gasteiger partial charge in [0.05, 0.1) is 17.4 Å². The van der Waals surface area contributed by atoms with Gasteiger partial charge in [-0.2, -0.15) is 5.26 Å². The van der Waals surface area contributed by atoms with Crippen LogP contribution in [0, 0.1) is 11.3 Å². The van der Waals surface area contributed by atoms with Crippen molar-refractivity contribution < 1.29 is 18.3 Å². The van der Waals surface area contributed by atoms with Gasteiger partial charge in [0, 0.05) is 18.0 Å². The van der Waals surface area contributed by atoms with Crippen molar-refractivity contribution in [1.29, 1.82) is 5.26 Å².